The van der Waals surface area contributed by atoms with Gasteiger partial charge in [-0.05, 0) is 56.3 Å². The number of hydrogen-bond acceptors (Lipinski definition) is 2. The molecule has 1 N–H and O–H groups in total. The predicted octanol–water partition coefficient (Wildman–Crippen LogP) is 2.97. The molecule has 0 aromatic heterocycles. The van der Waals surface area contributed by atoms with E-state index in [-0.39, 0.29) is 5.91 Å². The Morgan fingerprint density at radius 3 is 2.90 bits per heavy atom. The van der Waals surface area contributed by atoms with E-state index < -0.39 is 0 Å². The number of nitrogens with zero attached hydrogens (tertiary/aromatic N) is 1. The van der Waals surface area contributed by atoms with E-state index in [2.05, 4.69) is 26.1 Å². The van der Waals surface area contributed by atoms with Crippen molar-refractivity contribution in [2.75, 3.05) is 19.6 Å². The van der Waals surface area contributed by atoms with Crippen molar-refractivity contribution in [2.24, 2.45) is 5.92 Å². The molecular weight excluding hydrogens is 316 g/mol. The van der Waals surface area contributed by atoms with E-state index in [4.69, 9.17) is 0 Å². The fourth-order valence-electron chi connectivity index (χ4n) is 2.87. The van der Waals surface area contributed by atoms with E-state index in [1.54, 1.807) is 0 Å². The smallest absolute Gasteiger partial charge is 0.251 e. The molecule has 1 unspecified atom stereocenters. The molecule has 0 bridgehead atoms. The third-order valence-corrected chi connectivity index (χ3v) is 5.22. The molecule has 1 heterocycles. The van der Waals surface area contributed by atoms with Gasteiger partial charge in [0.2, 0.25) is 0 Å². The van der Waals surface area contributed by atoms with Crippen molar-refractivity contribution in [1.29, 1.82) is 0 Å². The number of carbonyl (C=O) groups is 1. The highest BCUT2D eigenvalue weighted by Gasteiger charge is 2.34. The molecule has 1 aromatic carbocycles. The fourth-order valence-corrected chi connectivity index (χ4v) is 3.25. The van der Waals surface area contributed by atoms with Gasteiger partial charge in [0.05, 0.1) is 0 Å². The summed E-state index contributed by atoms with van der Waals surface area (Å²) in [6.07, 6.45) is 3.96. The molecule has 4 heteroatoms. The minimum absolute atomic E-state index is 0.0376. The largest absolute Gasteiger partial charge is 0.352 e. The lowest BCUT2D eigenvalue weighted by atomic mass is 10.1. The Kier molecular flexibility index (Phi) is 4.13. The van der Waals surface area contributed by atoms with Gasteiger partial charge >= 0.3 is 0 Å². The number of rotatable bonds is 4. The molecule has 2 fully saturated rings. The van der Waals surface area contributed by atoms with Crippen LogP contribution in [0.3, 0.4) is 0 Å². The summed E-state index contributed by atoms with van der Waals surface area (Å²) in [5.74, 6) is 0.656. The summed E-state index contributed by atoms with van der Waals surface area (Å²) in [5.41, 5.74) is 1.89. The minimum atomic E-state index is 0.0376. The highest BCUT2D eigenvalue weighted by Crippen LogP contribution is 2.31. The first kappa shape index (κ1) is 14.1. The second-order valence-electron chi connectivity index (χ2n) is 6.05. The van der Waals surface area contributed by atoms with Gasteiger partial charge in [-0.15, -0.1) is 0 Å². The molecule has 108 valence electrons. The molecule has 1 aliphatic carbocycles. The summed E-state index contributed by atoms with van der Waals surface area (Å²) in [6.45, 7) is 5.19. The van der Waals surface area contributed by atoms with Gasteiger partial charge < -0.3 is 10.2 Å². The Labute approximate surface area is 128 Å². The van der Waals surface area contributed by atoms with Crippen LogP contribution in [0.2, 0.25) is 0 Å². The molecular formula is C16H21BrN2O. The topological polar surface area (TPSA) is 32.3 Å². The van der Waals surface area contributed by atoms with Gasteiger partial charge in [-0.3, -0.25) is 4.79 Å². The highest BCUT2D eigenvalue weighted by atomic mass is 79.9. The molecule has 20 heavy (non-hydrogen) atoms. The number of carbonyl (C=O) groups excluding carboxylic acids is 1. The maximum atomic E-state index is 12.1. The maximum Gasteiger partial charge on any atom is 0.251 e. The number of nitrogens with one attached hydrogen (secondary N) is 1. The zero-order valence-corrected chi connectivity index (χ0v) is 13.4. The molecule has 1 atom stereocenters. The number of benzene rings is 1. The summed E-state index contributed by atoms with van der Waals surface area (Å²) in [4.78, 5) is 14.7. The fraction of sp³-hybridized carbons (Fsp3) is 0.562. The van der Waals surface area contributed by atoms with Crippen molar-refractivity contribution in [2.45, 2.75) is 32.2 Å². The first-order valence-corrected chi connectivity index (χ1v) is 8.21. The Morgan fingerprint density at radius 1 is 1.40 bits per heavy atom. The number of amides is 1. The zero-order chi connectivity index (χ0) is 14.1. The molecule has 1 aromatic rings. The van der Waals surface area contributed by atoms with Crippen molar-refractivity contribution in [3.63, 3.8) is 0 Å². The maximum absolute atomic E-state index is 12.1. The van der Waals surface area contributed by atoms with Crippen LogP contribution in [0.25, 0.3) is 0 Å². The second-order valence-corrected chi connectivity index (χ2v) is 6.91. The van der Waals surface area contributed by atoms with Crippen LogP contribution in [0.5, 0.6) is 0 Å². The first-order chi connectivity index (χ1) is 9.63. The first-order valence-electron chi connectivity index (χ1n) is 7.42. The van der Waals surface area contributed by atoms with Gasteiger partial charge in [-0.1, -0.05) is 22.0 Å². The van der Waals surface area contributed by atoms with Crippen molar-refractivity contribution >= 4 is 21.8 Å². The summed E-state index contributed by atoms with van der Waals surface area (Å²) in [6, 6.07) is 6.61. The molecule has 1 amide bonds. The van der Waals surface area contributed by atoms with E-state index in [1.807, 2.05) is 25.1 Å². The summed E-state index contributed by atoms with van der Waals surface area (Å²) >= 11 is 3.48. The number of aryl methyl sites for hydroxylation is 1. The summed E-state index contributed by atoms with van der Waals surface area (Å²) in [5, 5.41) is 3.08. The van der Waals surface area contributed by atoms with Gasteiger partial charge in [0.1, 0.15) is 0 Å². The van der Waals surface area contributed by atoms with Crippen LogP contribution in [0.15, 0.2) is 22.7 Å². The van der Waals surface area contributed by atoms with Gasteiger partial charge in [0.25, 0.3) is 5.91 Å². The minimum Gasteiger partial charge on any atom is -0.352 e. The van der Waals surface area contributed by atoms with Crippen LogP contribution in [-0.4, -0.2) is 36.5 Å². The van der Waals surface area contributed by atoms with Crippen LogP contribution in [0.1, 0.15) is 35.2 Å². The average Bonchev–Trinajstić information content (AvgIpc) is 3.18. The molecule has 3 rings (SSSR count). The Bertz CT molecular complexity index is 513. The Morgan fingerprint density at radius 2 is 2.20 bits per heavy atom. The lowest BCUT2D eigenvalue weighted by Gasteiger charge is -2.15. The average molecular weight is 337 g/mol. The molecule has 0 radical (unpaired) electrons. The van der Waals surface area contributed by atoms with Crippen LogP contribution < -0.4 is 5.32 Å². The van der Waals surface area contributed by atoms with Crippen molar-refractivity contribution in [1.82, 2.24) is 10.2 Å². The quantitative estimate of drug-likeness (QED) is 0.916. The van der Waals surface area contributed by atoms with E-state index in [0.717, 1.165) is 34.7 Å². The van der Waals surface area contributed by atoms with Crippen LogP contribution in [0.4, 0.5) is 0 Å². The molecule has 1 saturated heterocycles. The molecule has 1 aliphatic heterocycles. The van der Waals surface area contributed by atoms with Gasteiger partial charge in [-0.25, -0.2) is 0 Å². The standard InChI is InChI=1S/C16H21BrN2O/c1-11-2-3-13(8-15(11)17)16(20)18-9-12-6-7-19(10-12)14-4-5-14/h2-3,8,12,14H,4-7,9-10H2,1H3,(H,18,20). The molecule has 3 nitrogen and oxygen atoms in total. The number of hydrogen-bond donors (Lipinski definition) is 1. The second kappa shape index (κ2) is 5.86. The highest BCUT2D eigenvalue weighted by molar-refractivity contribution is 9.10. The van der Waals surface area contributed by atoms with Crippen LogP contribution >= 0.6 is 15.9 Å². The number of likely N-dealkylation sites (tertiary alicyclic amines) is 1. The Hall–Kier alpha value is -0.870. The van der Waals surface area contributed by atoms with Gasteiger partial charge in [-0.2, -0.15) is 0 Å². The molecule has 0 spiro atoms. The van der Waals surface area contributed by atoms with Crippen molar-refractivity contribution in [3.8, 4) is 0 Å². The summed E-state index contributed by atoms with van der Waals surface area (Å²) < 4.78 is 0.992. The zero-order valence-electron chi connectivity index (χ0n) is 11.9. The van der Waals surface area contributed by atoms with E-state index in [9.17, 15) is 4.79 Å². The third kappa shape index (κ3) is 3.23. The molecule has 1 saturated carbocycles. The monoisotopic (exact) mass is 336 g/mol. The summed E-state index contributed by atoms with van der Waals surface area (Å²) in [7, 11) is 0. The molecule has 2 aliphatic rings. The SMILES string of the molecule is Cc1ccc(C(=O)NCC2CCN(C3CC3)C2)cc1Br. The number of halogens is 1. The lowest BCUT2D eigenvalue weighted by molar-refractivity contribution is 0.0947. The lowest BCUT2D eigenvalue weighted by Crippen LogP contribution is -2.31. The van der Waals surface area contributed by atoms with E-state index >= 15 is 0 Å². The van der Waals surface area contributed by atoms with Crippen molar-refractivity contribution in [3.05, 3.63) is 33.8 Å². The van der Waals surface area contributed by atoms with Gasteiger partial charge in [0.15, 0.2) is 0 Å². The van der Waals surface area contributed by atoms with Crippen molar-refractivity contribution < 1.29 is 4.79 Å². The van der Waals surface area contributed by atoms with Gasteiger partial charge in [0, 0.05) is 29.2 Å². The predicted molar refractivity (Wildman–Crippen MR) is 83.9 cm³/mol. The third-order valence-electron chi connectivity index (χ3n) is 4.37. The van der Waals surface area contributed by atoms with Crippen LogP contribution in [0, 0.1) is 12.8 Å². The van der Waals surface area contributed by atoms with E-state index in [0.29, 0.717) is 5.92 Å². The Balaban J connectivity index is 1.50. The van der Waals surface area contributed by atoms with E-state index in [1.165, 1.54) is 25.8 Å². The van der Waals surface area contributed by atoms with Crippen LogP contribution in [-0.2, 0) is 0 Å². The normalized spacial score (nSPS) is 23.0.